The fourth-order valence-electron chi connectivity index (χ4n) is 1.60. The molecule has 0 aliphatic rings. The van der Waals surface area contributed by atoms with Crippen molar-refractivity contribution in [3.8, 4) is 11.8 Å². The predicted octanol–water partition coefficient (Wildman–Crippen LogP) is 2.18. The number of rotatable bonds is 1. The first-order valence-electron chi connectivity index (χ1n) is 4.86. The summed E-state index contributed by atoms with van der Waals surface area (Å²) in [6, 6.07) is 4.35. The molecule has 0 heterocycles. The molecule has 0 bridgehead atoms. The van der Waals surface area contributed by atoms with Gasteiger partial charge >= 0.3 is 0 Å². The summed E-state index contributed by atoms with van der Waals surface area (Å²) >= 11 is 0. The van der Waals surface area contributed by atoms with Crippen LogP contribution in [0.1, 0.15) is 22.3 Å². The van der Waals surface area contributed by atoms with Crippen LogP contribution >= 0.6 is 0 Å². The maximum atomic E-state index is 3.20. The van der Waals surface area contributed by atoms with Crippen LogP contribution in [-0.2, 0) is 0 Å². The summed E-state index contributed by atoms with van der Waals surface area (Å²) in [4.78, 5) is 0. The molecule has 1 aromatic carbocycles. The third kappa shape index (κ3) is 2.61. The van der Waals surface area contributed by atoms with Gasteiger partial charge in [-0.05, 0) is 38.9 Å². The maximum absolute atomic E-state index is 3.20. The topological polar surface area (TPSA) is 12.0 Å². The van der Waals surface area contributed by atoms with Crippen molar-refractivity contribution in [2.45, 2.75) is 20.8 Å². The third-order valence-corrected chi connectivity index (χ3v) is 2.16. The molecule has 1 rings (SSSR count). The third-order valence-electron chi connectivity index (χ3n) is 2.16. The summed E-state index contributed by atoms with van der Waals surface area (Å²) in [7, 11) is 1.91. The van der Waals surface area contributed by atoms with E-state index in [0.29, 0.717) is 0 Å². The van der Waals surface area contributed by atoms with Crippen LogP contribution < -0.4 is 5.32 Å². The Hall–Kier alpha value is -1.26. The second-order valence-corrected chi connectivity index (χ2v) is 3.61. The molecule has 0 saturated carbocycles. The van der Waals surface area contributed by atoms with Gasteiger partial charge < -0.3 is 5.32 Å². The van der Waals surface area contributed by atoms with Crippen LogP contribution in [-0.4, -0.2) is 13.6 Å². The minimum Gasteiger partial charge on any atom is -0.309 e. The monoisotopic (exact) mass is 187 g/mol. The lowest BCUT2D eigenvalue weighted by atomic mass is 10.0. The van der Waals surface area contributed by atoms with E-state index in [-0.39, 0.29) is 0 Å². The lowest BCUT2D eigenvalue weighted by Crippen LogP contribution is -2.04. The first kappa shape index (κ1) is 10.8. The van der Waals surface area contributed by atoms with Crippen molar-refractivity contribution in [2.75, 3.05) is 13.6 Å². The average molecular weight is 187 g/mol. The van der Waals surface area contributed by atoms with Crippen molar-refractivity contribution < 1.29 is 0 Å². The van der Waals surface area contributed by atoms with E-state index in [2.05, 4.69) is 50.1 Å². The lowest BCUT2D eigenvalue weighted by molar-refractivity contribution is 0.938. The number of benzene rings is 1. The van der Waals surface area contributed by atoms with Gasteiger partial charge in [0.1, 0.15) is 0 Å². The van der Waals surface area contributed by atoms with Crippen molar-refractivity contribution in [1.29, 1.82) is 0 Å². The highest BCUT2D eigenvalue weighted by atomic mass is 14.8. The summed E-state index contributed by atoms with van der Waals surface area (Å²) in [5.74, 6) is 6.29. The van der Waals surface area contributed by atoms with E-state index >= 15 is 0 Å². The summed E-state index contributed by atoms with van der Waals surface area (Å²) in [5, 5.41) is 3.01. The Kier molecular flexibility index (Phi) is 3.73. The molecule has 0 saturated heterocycles. The quantitative estimate of drug-likeness (QED) is 0.664. The first-order chi connectivity index (χ1) is 6.65. The molecule has 14 heavy (non-hydrogen) atoms. The molecule has 0 amide bonds. The highest BCUT2D eigenvalue weighted by Gasteiger charge is 1.99. The van der Waals surface area contributed by atoms with Gasteiger partial charge in [0.15, 0.2) is 0 Å². The predicted molar refractivity (Wildman–Crippen MR) is 61.5 cm³/mol. The maximum Gasteiger partial charge on any atom is 0.0577 e. The van der Waals surface area contributed by atoms with Crippen molar-refractivity contribution in [3.05, 3.63) is 34.4 Å². The number of hydrogen-bond acceptors (Lipinski definition) is 1. The second-order valence-electron chi connectivity index (χ2n) is 3.61. The highest BCUT2D eigenvalue weighted by molar-refractivity contribution is 5.48. The largest absolute Gasteiger partial charge is 0.309 e. The molecule has 1 aromatic rings. The molecule has 0 aliphatic carbocycles. The van der Waals surface area contributed by atoms with Gasteiger partial charge in [0, 0.05) is 5.56 Å². The van der Waals surface area contributed by atoms with E-state index in [1.165, 1.54) is 22.3 Å². The van der Waals surface area contributed by atoms with Crippen molar-refractivity contribution in [2.24, 2.45) is 0 Å². The normalized spacial score (nSPS) is 9.43. The van der Waals surface area contributed by atoms with E-state index in [1.54, 1.807) is 0 Å². The molecule has 1 N–H and O–H groups in total. The molecule has 1 heteroatoms. The van der Waals surface area contributed by atoms with Gasteiger partial charge in [0.05, 0.1) is 6.54 Å². The van der Waals surface area contributed by atoms with Crippen LogP contribution in [0.2, 0.25) is 0 Å². The zero-order chi connectivity index (χ0) is 10.6. The Labute approximate surface area is 86.5 Å². The molecule has 1 nitrogen and oxygen atoms in total. The Morgan fingerprint density at radius 2 is 1.71 bits per heavy atom. The number of aryl methyl sites for hydroxylation is 3. The van der Waals surface area contributed by atoms with Crippen LogP contribution in [0.15, 0.2) is 12.1 Å². The van der Waals surface area contributed by atoms with Gasteiger partial charge in [-0.25, -0.2) is 0 Å². The molecule has 0 unspecified atom stereocenters. The standard InChI is InChI=1S/C13H17N/c1-10-8-11(2)13(12(3)9-10)6-5-7-14-4/h8-9,14H,7H2,1-4H3. The van der Waals surface area contributed by atoms with E-state index < -0.39 is 0 Å². The fraction of sp³-hybridized carbons (Fsp3) is 0.385. The van der Waals surface area contributed by atoms with Gasteiger partial charge in [0.2, 0.25) is 0 Å². The molecule has 0 radical (unpaired) electrons. The van der Waals surface area contributed by atoms with Crippen molar-refractivity contribution in [3.63, 3.8) is 0 Å². The molecular formula is C13H17N. The molecule has 0 fully saturated rings. The molecular weight excluding hydrogens is 170 g/mol. The SMILES string of the molecule is CNCC#Cc1c(C)cc(C)cc1C. The minimum atomic E-state index is 0.743. The Balaban J connectivity index is 3.04. The van der Waals surface area contributed by atoms with Crippen LogP contribution in [0.5, 0.6) is 0 Å². The molecule has 0 aliphatic heterocycles. The summed E-state index contributed by atoms with van der Waals surface area (Å²) < 4.78 is 0. The van der Waals surface area contributed by atoms with Crippen LogP contribution in [0.3, 0.4) is 0 Å². The Bertz CT molecular complexity index is 357. The zero-order valence-electron chi connectivity index (χ0n) is 9.36. The van der Waals surface area contributed by atoms with Gasteiger partial charge in [0.25, 0.3) is 0 Å². The van der Waals surface area contributed by atoms with E-state index in [4.69, 9.17) is 0 Å². The van der Waals surface area contributed by atoms with Crippen molar-refractivity contribution in [1.82, 2.24) is 5.32 Å². The fourth-order valence-corrected chi connectivity index (χ4v) is 1.60. The zero-order valence-corrected chi connectivity index (χ0v) is 9.36. The molecule has 0 spiro atoms. The van der Waals surface area contributed by atoms with Crippen molar-refractivity contribution >= 4 is 0 Å². The van der Waals surface area contributed by atoms with Gasteiger partial charge in [-0.1, -0.05) is 29.5 Å². The van der Waals surface area contributed by atoms with E-state index in [1.807, 2.05) is 7.05 Å². The first-order valence-corrected chi connectivity index (χ1v) is 4.86. The number of nitrogens with one attached hydrogen (secondary N) is 1. The van der Waals surface area contributed by atoms with Gasteiger partial charge in [-0.3, -0.25) is 0 Å². The average Bonchev–Trinajstić information content (AvgIpc) is 2.09. The highest BCUT2D eigenvalue weighted by Crippen LogP contribution is 2.14. The molecule has 74 valence electrons. The van der Waals surface area contributed by atoms with Gasteiger partial charge in [-0.2, -0.15) is 0 Å². The summed E-state index contributed by atoms with van der Waals surface area (Å²) in [6.45, 7) is 7.09. The van der Waals surface area contributed by atoms with E-state index in [0.717, 1.165) is 6.54 Å². The second kappa shape index (κ2) is 4.83. The summed E-state index contributed by atoms with van der Waals surface area (Å²) in [6.07, 6.45) is 0. The number of hydrogen-bond donors (Lipinski definition) is 1. The van der Waals surface area contributed by atoms with E-state index in [9.17, 15) is 0 Å². The van der Waals surface area contributed by atoms with Crippen LogP contribution in [0, 0.1) is 32.6 Å². The van der Waals surface area contributed by atoms with Crippen LogP contribution in [0.25, 0.3) is 0 Å². The Morgan fingerprint density at radius 1 is 1.14 bits per heavy atom. The van der Waals surface area contributed by atoms with Crippen LogP contribution in [0.4, 0.5) is 0 Å². The Morgan fingerprint density at radius 3 is 2.21 bits per heavy atom. The summed E-state index contributed by atoms with van der Waals surface area (Å²) in [5.41, 5.74) is 5.02. The van der Waals surface area contributed by atoms with Gasteiger partial charge in [-0.15, -0.1) is 0 Å². The molecule has 0 aromatic heterocycles. The smallest absolute Gasteiger partial charge is 0.0577 e. The lowest BCUT2D eigenvalue weighted by Gasteiger charge is -2.04. The molecule has 0 atom stereocenters. The minimum absolute atomic E-state index is 0.743.